The zero-order valence-corrected chi connectivity index (χ0v) is 23.8. The predicted octanol–water partition coefficient (Wildman–Crippen LogP) is 5.84. The van der Waals surface area contributed by atoms with Gasteiger partial charge in [-0.05, 0) is 55.3 Å². The molecule has 42 heavy (non-hydrogen) atoms. The van der Waals surface area contributed by atoms with E-state index < -0.39 is 46.3 Å². The number of aromatic nitrogens is 3. The first-order valence-electron chi connectivity index (χ1n) is 12.7. The van der Waals surface area contributed by atoms with Crippen molar-refractivity contribution in [3.8, 4) is 16.8 Å². The largest absolute Gasteiger partial charge is 0.470 e. The van der Waals surface area contributed by atoms with Crippen molar-refractivity contribution in [1.82, 2.24) is 14.5 Å². The van der Waals surface area contributed by atoms with Gasteiger partial charge < -0.3 is 14.4 Å². The summed E-state index contributed by atoms with van der Waals surface area (Å²) < 4.78 is 88.0. The normalized spacial score (nSPS) is 17.3. The summed E-state index contributed by atoms with van der Waals surface area (Å²) in [6, 6.07) is 9.88. The van der Waals surface area contributed by atoms with Crippen LogP contribution in [0.5, 0.6) is 0 Å². The summed E-state index contributed by atoms with van der Waals surface area (Å²) >= 11 is 0. The molecule has 0 saturated carbocycles. The van der Waals surface area contributed by atoms with Crippen molar-refractivity contribution in [2.24, 2.45) is 4.99 Å². The fraction of sp³-hybridized carbons (Fsp3) is 0.276. The molecule has 2 unspecified atom stereocenters. The van der Waals surface area contributed by atoms with Gasteiger partial charge in [0, 0.05) is 48.0 Å². The van der Waals surface area contributed by atoms with Crippen molar-refractivity contribution in [1.29, 1.82) is 0 Å². The van der Waals surface area contributed by atoms with E-state index in [0.29, 0.717) is 28.4 Å². The van der Waals surface area contributed by atoms with Gasteiger partial charge in [0.15, 0.2) is 27.5 Å². The monoisotopic (exact) mass is 602 g/mol. The molecule has 0 saturated heterocycles. The van der Waals surface area contributed by atoms with Crippen LogP contribution in [0.1, 0.15) is 53.0 Å². The van der Waals surface area contributed by atoms with Gasteiger partial charge in [0.1, 0.15) is 17.7 Å². The van der Waals surface area contributed by atoms with Crippen LogP contribution >= 0.6 is 0 Å². The summed E-state index contributed by atoms with van der Waals surface area (Å²) in [6.45, 7) is 4.08. The number of alkyl halides is 3. The second kappa shape index (κ2) is 10.6. The maximum Gasteiger partial charge on any atom is 0.434 e. The zero-order chi connectivity index (χ0) is 30.6. The molecule has 2 aromatic heterocycles. The topological polar surface area (TPSA) is 107 Å². The van der Waals surface area contributed by atoms with Crippen molar-refractivity contribution < 1.29 is 35.8 Å². The highest BCUT2D eigenvalue weighted by molar-refractivity contribution is 7.90. The number of pyridine rings is 1. The first-order valence-corrected chi connectivity index (χ1v) is 14.6. The molecule has 0 spiro atoms. The van der Waals surface area contributed by atoms with Crippen molar-refractivity contribution in [3.05, 3.63) is 94.6 Å². The summed E-state index contributed by atoms with van der Waals surface area (Å²) in [5.74, 6) is -0.494. The van der Waals surface area contributed by atoms with Crippen LogP contribution in [0.25, 0.3) is 16.8 Å². The molecule has 0 radical (unpaired) electrons. The van der Waals surface area contributed by atoms with E-state index in [1.54, 1.807) is 44.3 Å². The summed E-state index contributed by atoms with van der Waals surface area (Å²) in [5, 5.41) is 9.62. The number of sulfone groups is 1. The van der Waals surface area contributed by atoms with E-state index in [0.717, 1.165) is 24.1 Å². The van der Waals surface area contributed by atoms with Crippen molar-refractivity contribution in [2.75, 3.05) is 6.26 Å². The zero-order valence-electron chi connectivity index (χ0n) is 22.9. The molecule has 2 atom stereocenters. The maximum absolute atomic E-state index is 15.0. The minimum absolute atomic E-state index is 0.0720. The fourth-order valence-electron chi connectivity index (χ4n) is 5.11. The number of ether oxygens (including phenoxy) is 1. The molecule has 5 rings (SSSR count). The second-order valence-electron chi connectivity index (χ2n) is 9.99. The van der Waals surface area contributed by atoms with Crippen molar-refractivity contribution in [2.45, 2.75) is 50.6 Å². The molecule has 2 aromatic carbocycles. The third-order valence-corrected chi connectivity index (χ3v) is 8.25. The van der Waals surface area contributed by atoms with Crippen molar-refractivity contribution >= 4 is 15.7 Å². The molecule has 13 heteroatoms. The Labute approximate surface area is 239 Å². The molecule has 8 nitrogen and oxygen atoms in total. The lowest BCUT2D eigenvalue weighted by Crippen LogP contribution is -2.13. The van der Waals surface area contributed by atoms with Crippen LogP contribution in [-0.2, 0) is 27.4 Å². The van der Waals surface area contributed by atoms with Crippen LogP contribution in [0, 0.1) is 19.7 Å². The number of halogens is 4. The Bertz CT molecular complexity index is 1830. The molecule has 3 heterocycles. The highest BCUT2D eigenvalue weighted by Gasteiger charge is 2.37. The van der Waals surface area contributed by atoms with Crippen LogP contribution in [0.15, 0.2) is 64.7 Å². The lowest BCUT2D eigenvalue weighted by molar-refractivity contribution is -0.141. The molecule has 0 amide bonds. The summed E-state index contributed by atoms with van der Waals surface area (Å²) in [5.41, 5.74) is 1.28. The van der Waals surface area contributed by atoms with Crippen molar-refractivity contribution in [3.63, 3.8) is 0 Å². The highest BCUT2D eigenvalue weighted by atomic mass is 32.2. The summed E-state index contributed by atoms with van der Waals surface area (Å²) in [6.07, 6.45) is -1.93. The maximum atomic E-state index is 15.0. The first-order chi connectivity index (χ1) is 19.7. The Balaban J connectivity index is 1.76. The van der Waals surface area contributed by atoms with Gasteiger partial charge >= 0.3 is 6.18 Å². The van der Waals surface area contributed by atoms with Gasteiger partial charge in [0.2, 0.25) is 0 Å². The Hall–Kier alpha value is -4.10. The van der Waals surface area contributed by atoms with Gasteiger partial charge in [-0.25, -0.2) is 22.8 Å². The van der Waals surface area contributed by atoms with E-state index in [1.807, 2.05) is 6.07 Å². The van der Waals surface area contributed by atoms with Gasteiger partial charge in [-0.2, -0.15) is 13.2 Å². The Morgan fingerprint density at radius 1 is 1.05 bits per heavy atom. The lowest BCUT2D eigenvalue weighted by Gasteiger charge is -2.23. The summed E-state index contributed by atoms with van der Waals surface area (Å²) in [4.78, 5) is 12.3. The minimum atomic E-state index is -4.68. The van der Waals surface area contributed by atoms with E-state index in [1.165, 1.54) is 17.6 Å². The van der Waals surface area contributed by atoms with Gasteiger partial charge in [0.05, 0.1) is 17.2 Å². The van der Waals surface area contributed by atoms with E-state index in [-0.39, 0.29) is 21.8 Å². The van der Waals surface area contributed by atoms with Crippen LogP contribution in [-0.4, -0.2) is 40.2 Å². The average molecular weight is 603 g/mol. The minimum Gasteiger partial charge on any atom is -0.470 e. The number of nitrogens with zero attached hydrogens (tertiary/aromatic N) is 4. The number of hydrogen-bond acceptors (Lipinski definition) is 7. The highest BCUT2D eigenvalue weighted by Crippen LogP contribution is 2.44. The molecule has 4 aromatic rings. The molecule has 1 aliphatic rings. The SMILES string of the molecule is CC1=NC(c2cc(-c3cc(F)c(CO)c(S(C)(=O)=O)c3)ccc2-n2cc(C(F)(F)F)nc2C)C(c2cccnc2C)O1. The number of imidazole rings is 1. The number of benzene rings is 2. The quantitative estimate of drug-likeness (QED) is 0.278. The number of aliphatic imine (C=N–C) groups is 1. The molecular formula is C29H26F4N4O4S. The predicted molar refractivity (Wildman–Crippen MR) is 146 cm³/mol. The Kier molecular flexibility index (Phi) is 7.44. The standard InChI is InChI=1S/C29H26F4N4O4S/c1-15-20(6-5-9-34-15)28-27(36-17(3)41-28)21-10-18(19-11-23(30)22(14-38)25(12-19)42(4,39)40)7-8-24(21)37-13-26(29(31,32)33)35-16(37)2/h5-13,27-28,38H,14H2,1-4H3. The molecule has 0 aliphatic carbocycles. The number of rotatable bonds is 6. The number of hydrogen-bond donors (Lipinski definition) is 1. The van der Waals surface area contributed by atoms with Crippen LogP contribution in [0.2, 0.25) is 0 Å². The van der Waals surface area contributed by atoms with E-state index in [4.69, 9.17) is 4.74 Å². The number of aryl methyl sites for hydroxylation is 2. The second-order valence-corrected chi connectivity index (χ2v) is 12.0. The Morgan fingerprint density at radius 3 is 2.40 bits per heavy atom. The molecule has 1 aliphatic heterocycles. The average Bonchev–Trinajstić information content (AvgIpc) is 3.50. The molecule has 220 valence electrons. The smallest absolute Gasteiger partial charge is 0.434 e. The summed E-state index contributed by atoms with van der Waals surface area (Å²) in [7, 11) is -3.92. The molecule has 0 fully saturated rings. The molecule has 1 N–H and O–H groups in total. The van der Waals surface area contributed by atoms with Gasteiger partial charge in [-0.15, -0.1) is 0 Å². The van der Waals surface area contributed by atoms with Gasteiger partial charge in [-0.1, -0.05) is 12.1 Å². The van der Waals surface area contributed by atoms with Crippen LogP contribution < -0.4 is 0 Å². The van der Waals surface area contributed by atoms with E-state index in [2.05, 4.69) is 15.0 Å². The van der Waals surface area contributed by atoms with Crippen LogP contribution in [0.3, 0.4) is 0 Å². The third kappa shape index (κ3) is 5.41. The fourth-order valence-corrected chi connectivity index (χ4v) is 6.06. The number of aliphatic hydroxyl groups excluding tert-OH is 1. The molecular weight excluding hydrogens is 576 g/mol. The first kappa shape index (κ1) is 29.4. The van der Waals surface area contributed by atoms with Gasteiger partial charge in [-0.3, -0.25) is 4.98 Å². The third-order valence-electron chi connectivity index (χ3n) is 7.08. The Morgan fingerprint density at radius 2 is 1.79 bits per heavy atom. The number of aliphatic hydroxyl groups is 1. The molecule has 0 bridgehead atoms. The van der Waals surface area contributed by atoms with Gasteiger partial charge in [0.25, 0.3) is 0 Å². The van der Waals surface area contributed by atoms with E-state index >= 15 is 4.39 Å². The van der Waals surface area contributed by atoms with E-state index in [9.17, 15) is 26.7 Å². The lowest BCUT2D eigenvalue weighted by atomic mass is 9.91. The van der Waals surface area contributed by atoms with Crippen LogP contribution in [0.4, 0.5) is 17.6 Å².